The Bertz CT molecular complexity index is 370. The summed E-state index contributed by atoms with van der Waals surface area (Å²) in [6.45, 7) is 2.86. The third-order valence-corrected chi connectivity index (χ3v) is 3.26. The maximum absolute atomic E-state index is 9.06. The van der Waals surface area contributed by atoms with E-state index in [1.807, 2.05) is 19.1 Å². The third-order valence-electron chi connectivity index (χ3n) is 2.77. The molecule has 3 nitrogen and oxygen atoms in total. The smallest absolute Gasteiger partial charge is 0.124 e. The Morgan fingerprint density at radius 3 is 3.19 bits per heavy atom. The minimum Gasteiger partial charge on any atom is -0.493 e. The summed E-state index contributed by atoms with van der Waals surface area (Å²) < 4.78 is 6.66. The van der Waals surface area contributed by atoms with Crippen LogP contribution in [0.5, 0.6) is 5.75 Å². The van der Waals surface area contributed by atoms with Crippen molar-refractivity contribution >= 4 is 15.9 Å². The molecule has 1 aromatic rings. The van der Waals surface area contributed by atoms with E-state index in [9.17, 15) is 0 Å². The predicted molar refractivity (Wildman–Crippen MR) is 66.7 cm³/mol. The lowest BCUT2D eigenvalue weighted by Crippen LogP contribution is -2.35. The Balaban J connectivity index is 2.21. The van der Waals surface area contributed by atoms with Crippen LogP contribution in [0.25, 0.3) is 0 Å². The monoisotopic (exact) mass is 285 g/mol. The maximum Gasteiger partial charge on any atom is 0.124 e. The molecule has 0 aromatic heterocycles. The molecule has 0 amide bonds. The van der Waals surface area contributed by atoms with Crippen molar-refractivity contribution in [3.8, 4) is 5.75 Å². The molecule has 2 N–H and O–H groups in total. The van der Waals surface area contributed by atoms with Crippen molar-refractivity contribution in [3.63, 3.8) is 0 Å². The second kappa shape index (κ2) is 5.17. The molecular weight excluding hydrogens is 270 g/mol. The van der Waals surface area contributed by atoms with Gasteiger partial charge < -0.3 is 15.2 Å². The highest BCUT2D eigenvalue weighted by Gasteiger charge is 2.22. The van der Waals surface area contributed by atoms with Crippen LogP contribution in [-0.2, 0) is 0 Å². The number of hydrogen-bond acceptors (Lipinski definition) is 3. The molecule has 1 aromatic carbocycles. The van der Waals surface area contributed by atoms with Crippen LogP contribution in [0.4, 0.5) is 0 Å². The number of nitrogens with one attached hydrogen (secondary N) is 1. The molecule has 1 aliphatic rings. The summed E-state index contributed by atoms with van der Waals surface area (Å²) in [5.74, 6) is 0.942. The SMILES string of the molecule is C[C@H](CO)NC1CCOc2ccc(Br)cc21. The normalized spacial score (nSPS) is 21.1. The van der Waals surface area contributed by atoms with E-state index in [0.717, 1.165) is 23.2 Å². The quantitative estimate of drug-likeness (QED) is 0.895. The first-order chi connectivity index (χ1) is 7.70. The molecule has 0 bridgehead atoms. The van der Waals surface area contributed by atoms with Gasteiger partial charge in [-0.3, -0.25) is 0 Å². The molecule has 1 unspecified atom stereocenters. The van der Waals surface area contributed by atoms with Gasteiger partial charge >= 0.3 is 0 Å². The molecule has 1 heterocycles. The molecule has 0 aliphatic carbocycles. The number of halogens is 1. The van der Waals surface area contributed by atoms with E-state index in [2.05, 4.69) is 27.3 Å². The zero-order valence-corrected chi connectivity index (χ0v) is 10.8. The Hall–Kier alpha value is -0.580. The lowest BCUT2D eigenvalue weighted by atomic mass is 10.00. The Labute approximate surface area is 104 Å². The molecule has 16 heavy (non-hydrogen) atoms. The average Bonchev–Trinajstić information content (AvgIpc) is 2.29. The molecule has 2 atom stereocenters. The highest BCUT2D eigenvalue weighted by molar-refractivity contribution is 9.10. The number of aliphatic hydroxyl groups is 1. The van der Waals surface area contributed by atoms with Crippen molar-refractivity contribution in [1.29, 1.82) is 0 Å². The molecule has 1 aliphatic heterocycles. The maximum atomic E-state index is 9.06. The van der Waals surface area contributed by atoms with Crippen LogP contribution < -0.4 is 10.1 Å². The molecule has 2 rings (SSSR count). The van der Waals surface area contributed by atoms with Gasteiger partial charge in [-0.25, -0.2) is 0 Å². The van der Waals surface area contributed by atoms with Crippen LogP contribution in [0.3, 0.4) is 0 Å². The third kappa shape index (κ3) is 2.56. The fraction of sp³-hybridized carbons (Fsp3) is 0.500. The van der Waals surface area contributed by atoms with Crippen LogP contribution in [0.15, 0.2) is 22.7 Å². The number of aliphatic hydroxyl groups excluding tert-OH is 1. The molecule has 0 radical (unpaired) electrons. The molecule has 0 fully saturated rings. The largest absolute Gasteiger partial charge is 0.493 e. The van der Waals surface area contributed by atoms with Gasteiger partial charge in [-0.15, -0.1) is 0 Å². The van der Waals surface area contributed by atoms with Gasteiger partial charge in [-0.05, 0) is 25.1 Å². The van der Waals surface area contributed by atoms with Gasteiger partial charge in [0.05, 0.1) is 13.2 Å². The zero-order chi connectivity index (χ0) is 11.5. The first-order valence-electron chi connectivity index (χ1n) is 5.50. The van der Waals surface area contributed by atoms with Gasteiger partial charge in [0.1, 0.15) is 5.75 Å². The lowest BCUT2D eigenvalue weighted by molar-refractivity contribution is 0.210. The van der Waals surface area contributed by atoms with Gasteiger partial charge in [0.15, 0.2) is 0 Å². The Morgan fingerprint density at radius 1 is 1.62 bits per heavy atom. The number of benzene rings is 1. The van der Waals surface area contributed by atoms with Crippen molar-refractivity contribution in [2.24, 2.45) is 0 Å². The van der Waals surface area contributed by atoms with Crippen LogP contribution in [0, 0.1) is 0 Å². The van der Waals surface area contributed by atoms with Gasteiger partial charge in [0, 0.05) is 28.5 Å². The zero-order valence-electron chi connectivity index (χ0n) is 9.24. The van der Waals surface area contributed by atoms with E-state index < -0.39 is 0 Å². The summed E-state index contributed by atoms with van der Waals surface area (Å²) >= 11 is 3.47. The second-order valence-electron chi connectivity index (χ2n) is 4.12. The van der Waals surface area contributed by atoms with Crippen LogP contribution in [0.2, 0.25) is 0 Å². The van der Waals surface area contributed by atoms with Gasteiger partial charge in [-0.2, -0.15) is 0 Å². The van der Waals surface area contributed by atoms with E-state index >= 15 is 0 Å². The minimum absolute atomic E-state index is 0.106. The van der Waals surface area contributed by atoms with E-state index in [1.165, 1.54) is 5.56 Å². The topological polar surface area (TPSA) is 41.5 Å². The molecular formula is C12H16BrNO2. The van der Waals surface area contributed by atoms with Gasteiger partial charge in [0.2, 0.25) is 0 Å². The van der Waals surface area contributed by atoms with E-state index in [4.69, 9.17) is 9.84 Å². The molecule has 0 saturated carbocycles. The number of hydrogen-bond donors (Lipinski definition) is 2. The average molecular weight is 286 g/mol. The van der Waals surface area contributed by atoms with Crippen molar-refractivity contribution < 1.29 is 9.84 Å². The van der Waals surface area contributed by atoms with Crippen LogP contribution in [0.1, 0.15) is 24.9 Å². The fourth-order valence-corrected chi connectivity index (χ4v) is 2.31. The second-order valence-corrected chi connectivity index (χ2v) is 5.04. The van der Waals surface area contributed by atoms with Crippen molar-refractivity contribution in [3.05, 3.63) is 28.2 Å². The predicted octanol–water partition coefficient (Wildman–Crippen LogP) is 2.24. The van der Waals surface area contributed by atoms with Gasteiger partial charge in [0.25, 0.3) is 0 Å². The molecule has 0 saturated heterocycles. The van der Waals surface area contributed by atoms with Crippen LogP contribution in [-0.4, -0.2) is 24.4 Å². The highest BCUT2D eigenvalue weighted by atomic mass is 79.9. The summed E-state index contributed by atoms with van der Waals surface area (Å²) in [6.07, 6.45) is 0.938. The summed E-state index contributed by atoms with van der Waals surface area (Å²) in [7, 11) is 0. The van der Waals surface area contributed by atoms with Crippen molar-refractivity contribution in [2.45, 2.75) is 25.4 Å². The summed E-state index contributed by atoms with van der Waals surface area (Å²) in [6, 6.07) is 6.42. The summed E-state index contributed by atoms with van der Waals surface area (Å²) in [4.78, 5) is 0. The number of ether oxygens (including phenoxy) is 1. The first-order valence-corrected chi connectivity index (χ1v) is 6.29. The number of rotatable bonds is 3. The lowest BCUT2D eigenvalue weighted by Gasteiger charge is -2.29. The standard InChI is InChI=1S/C12H16BrNO2/c1-8(7-15)14-11-4-5-16-12-3-2-9(13)6-10(11)12/h2-3,6,8,11,14-15H,4-5,7H2,1H3/t8-,11?/m1/s1. The molecule has 0 spiro atoms. The van der Waals surface area contributed by atoms with Crippen molar-refractivity contribution in [1.82, 2.24) is 5.32 Å². The summed E-state index contributed by atoms with van der Waals surface area (Å²) in [5.41, 5.74) is 1.17. The Morgan fingerprint density at radius 2 is 2.44 bits per heavy atom. The molecule has 4 heteroatoms. The van der Waals surface area contributed by atoms with E-state index in [1.54, 1.807) is 0 Å². The van der Waals surface area contributed by atoms with E-state index in [0.29, 0.717) is 0 Å². The Kier molecular flexibility index (Phi) is 3.84. The first kappa shape index (κ1) is 11.9. The number of fused-ring (bicyclic) bond motifs is 1. The van der Waals surface area contributed by atoms with E-state index in [-0.39, 0.29) is 18.7 Å². The molecule has 88 valence electrons. The van der Waals surface area contributed by atoms with Crippen molar-refractivity contribution in [2.75, 3.05) is 13.2 Å². The highest BCUT2D eigenvalue weighted by Crippen LogP contribution is 2.34. The minimum atomic E-state index is 0.106. The summed E-state index contributed by atoms with van der Waals surface area (Å²) in [5, 5.41) is 12.5. The van der Waals surface area contributed by atoms with Crippen LogP contribution >= 0.6 is 15.9 Å². The fourth-order valence-electron chi connectivity index (χ4n) is 1.93. The van der Waals surface area contributed by atoms with Gasteiger partial charge in [-0.1, -0.05) is 15.9 Å².